The van der Waals surface area contributed by atoms with Crippen LogP contribution in [0, 0.1) is 6.92 Å². The second-order valence-corrected chi connectivity index (χ2v) is 5.06. The number of alkyl halides is 1. The molecule has 94 valence electrons. The first-order valence-corrected chi connectivity index (χ1v) is 6.40. The molecular weight excluding hydrogens is 284 g/mol. The lowest BCUT2D eigenvalue weighted by molar-refractivity contribution is 0.0947. The monoisotopic (exact) mass is 300 g/mol. The zero-order valence-electron chi connectivity index (χ0n) is 10.1. The molecule has 1 amide bonds. The number of aryl methyl sites for hydroxylation is 1. The molecule has 0 fully saturated rings. The number of methoxy groups -OCH3 is 1. The average molecular weight is 301 g/mol. The summed E-state index contributed by atoms with van der Waals surface area (Å²) in [6.07, 6.45) is 0.825. The van der Waals surface area contributed by atoms with Gasteiger partial charge >= 0.3 is 0 Å². The van der Waals surface area contributed by atoms with Crippen LogP contribution in [0.25, 0.3) is 0 Å². The van der Waals surface area contributed by atoms with Crippen molar-refractivity contribution >= 4 is 21.8 Å². The Kier molecular flexibility index (Phi) is 6.15. The Labute approximate surface area is 110 Å². The van der Waals surface area contributed by atoms with Gasteiger partial charge in [-0.3, -0.25) is 4.79 Å². The van der Waals surface area contributed by atoms with Gasteiger partial charge in [-0.15, -0.1) is 0 Å². The second-order valence-electron chi connectivity index (χ2n) is 3.76. The lowest BCUT2D eigenvalue weighted by Crippen LogP contribution is -2.27. The first kappa shape index (κ1) is 14.1. The third-order valence-corrected chi connectivity index (χ3v) is 2.93. The van der Waals surface area contributed by atoms with Crippen LogP contribution in [0.2, 0.25) is 0 Å². The van der Waals surface area contributed by atoms with Crippen molar-refractivity contribution in [2.75, 3.05) is 20.3 Å². The summed E-state index contributed by atoms with van der Waals surface area (Å²) >= 11 is 3.46. The lowest BCUT2D eigenvalue weighted by atomic mass is 10.3. The van der Waals surface area contributed by atoms with Gasteiger partial charge in [-0.2, -0.15) is 0 Å². The van der Waals surface area contributed by atoms with Crippen LogP contribution >= 0.6 is 15.9 Å². The molecule has 0 radical (unpaired) electrons. The van der Waals surface area contributed by atoms with Gasteiger partial charge in [0.25, 0.3) is 5.91 Å². The van der Waals surface area contributed by atoms with Crippen molar-refractivity contribution in [2.24, 2.45) is 0 Å². The number of carbonyl (C=O) groups is 1. The van der Waals surface area contributed by atoms with Crippen LogP contribution in [0.1, 0.15) is 22.6 Å². The first-order valence-electron chi connectivity index (χ1n) is 5.48. The third-order valence-electron chi connectivity index (χ3n) is 2.21. The molecule has 0 bridgehead atoms. The molecule has 0 saturated carbocycles. The van der Waals surface area contributed by atoms with E-state index in [2.05, 4.69) is 26.2 Å². The van der Waals surface area contributed by atoms with E-state index in [0.717, 1.165) is 12.1 Å². The molecule has 0 aliphatic heterocycles. The maximum atomic E-state index is 11.7. The number of ether oxygens (including phenoxy) is 1. The number of hydrogen-bond donors (Lipinski definition) is 1. The predicted octanol–water partition coefficient (Wildman–Crippen LogP) is 1.92. The van der Waals surface area contributed by atoms with E-state index in [1.54, 1.807) is 13.2 Å². The quantitative estimate of drug-likeness (QED) is 0.817. The van der Waals surface area contributed by atoms with Gasteiger partial charge in [0.1, 0.15) is 5.69 Å². The largest absolute Gasteiger partial charge is 0.384 e. The summed E-state index contributed by atoms with van der Waals surface area (Å²) in [6, 6.07) is 5.41. The van der Waals surface area contributed by atoms with Gasteiger partial charge in [0.2, 0.25) is 0 Å². The zero-order valence-corrected chi connectivity index (χ0v) is 11.7. The van der Waals surface area contributed by atoms with Crippen molar-refractivity contribution in [3.05, 3.63) is 29.6 Å². The predicted molar refractivity (Wildman–Crippen MR) is 70.5 cm³/mol. The number of rotatable bonds is 6. The van der Waals surface area contributed by atoms with Crippen molar-refractivity contribution in [2.45, 2.75) is 18.2 Å². The first-order chi connectivity index (χ1) is 8.13. The number of nitrogens with zero attached hydrogens (tertiary/aromatic N) is 1. The smallest absolute Gasteiger partial charge is 0.269 e. The van der Waals surface area contributed by atoms with Gasteiger partial charge < -0.3 is 10.1 Å². The van der Waals surface area contributed by atoms with Gasteiger partial charge in [-0.05, 0) is 25.5 Å². The van der Waals surface area contributed by atoms with Crippen molar-refractivity contribution in [3.8, 4) is 0 Å². The molecule has 1 unspecified atom stereocenters. The Balaban J connectivity index is 2.35. The summed E-state index contributed by atoms with van der Waals surface area (Å²) in [7, 11) is 1.66. The molecule has 5 heteroatoms. The van der Waals surface area contributed by atoms with Gasteiger partial charge in [0.15, 0.2) is 0 Å². The normalized spacial score (nSPS) is 12.2. The second kappa shape index (κ2) is 7.40. The van der Waals surface area contributed by atoms with Crippen LogP contribution in [0.3, 0.4) is 0 Å². The number of aromatic nitrogens is 1. The Morgan fingerprint density at radius 1 is 1.59 bits per heavy atom. The average Bonchev–Trinajstić information content (AvgIpc) is 2.29. The van der Waals surface area contributed by atoms with E-state index in [1.165, 1.54) is 0 Å². The minimum absolute atomic E-state index is 0.134. The highest BCUT2D eigenvalue weighted by molar-refractivity contribution is 9.09. The Morgan fingerprint density at radius 2 is 2.35 bits per heavy atom. The van der Waals surface area contributed by atoms with E-state index in [4.69, 9.17) is 4.74 Å². The van der Waals surface area contributed by atoms with Crippen molar-refractivity contribution < 1.29 is 9.53 Å². The van der Waals surface area contributed by atoms with Gasteiger partial charge in [0, 0.05) is 24.2 Å². The molecule has 1 aromatic heterocycles. The van der Waals surface area contributed by atoms with E-state index in [1.807, 2.05) is 19.1 Å². The maximum absolute atomic E-state index is 11.7. The van der Waals surface area contributed by atoms with Crippen LogP contribution in [-0.4, -0.2) is 36.0 Å². The molecule has 0 aliphatic carbocycles. The van der Waals surface area contributed by atoms with E-state index in [9.17, 15) is 4.79 Å². The van der Waals surface area contributed by atoms with E-state index >= 15 is 0 Å². The molecule has 1 rings (SSSR count). The molecule has 1 aromatic rings. The Morgan fingerprint density at radius 3 is 3.00 bits per heavy atom. The van der Waals surface area contributed by atoms with E-state index < -0.39 is 0 Å². The number of halogens is 1. The van der Waals surface area contributed by atoms with Crippen LogP contribution in [0.4, 0.5) is 0 Å². The van der Waals surface area contributed by atoms with Crippen molar-refractivity contribution in [3.63, 3.8) is 0 Å². The lowest BCUT2D eigenvalue weighted by Gasteiger charge is -2.09. The summed E-state index contributed by atoms with van der Waals surface area (Å²) < 4.78 is 4.99. The standard InChI is InChI=1S/C12H17BrN2O2/c1-9-4-3-5-11(15-9)12(16)14-7-6-10(13)8-17-2/h3-5,10H,6-8H2,1-2H3,(H,14,16). The topological polar surface area (TPSA) is 51.2 Å². The molecule has 4 nitrogen and oxygen atoms in total. The van der Waals surface area contributed by atoms with Crippen LogP contribution in [-0.2, 0) is 4.74 Å². The molecule has 1 atom stereocenters. The maximum Gasteiger partial charge on any atom is 0.269 e. The third kappa shape index (κ3) is 5.28. The van der Waals surface area contributed by atoms with Crippen molar-refractivity contribution in [1.29, 1.82) is 0 Å². The molecule has 1 heterocycles. The fraction of sp³-hybridized carbons (Fsp3) is 0.500. The van der Waals surface area contributed by atoms with Gasteiger partial charge in [-0.25, -0.2) is 4.98 Å². The summed E-state index contributed by atoms with van der Waals surface area (Å²) in [5, 5.41) is 2.83. The number of amides is 1. The fourth-order valence-electron chi connectivity index (χ4n) is 1.37. The minimum atomic E-state index is -0.134. The number of nitrogens with one attached hydrogen (secondary N) is 1. The fourth-order valence-corrected chi connectivity index (χ4v) is 1.86. The number of hydrogen-bond acceptors (Lipinski definition) is 3. The van der Waals surface area contributed by atoms with Crippen LogP contribution in [0.5, 0.6) is 0 Å². The number of pyridine rings is 1. The molecule has 0 aliphatic rings. The molecule has 17 heavy (non-hydrogen) atoms. The Bertz CT molecular complexity index is 371. The molecule has 0 spiro atoms. The highest BCUT2D eigenvalue weighted by Gasteiger charge is 2.08. The molecular formula is C12H17BrN2O2. The molecule has 0 aromatic carbocycles. The summed E-state index contributed by atoms with van der Waals surface area (Å²) in [4.78, 5) is 16.1. The van der Waals surface area contributed by atoms with Crippen LogP contribution in [0.15, 0.2) is 18.2 Å². The summed E-state index contributed by atoms with van der Waals surface area (Å²) in [6.45, 7) is 3.11. The Hall–Kier alpha value is -0.940. The van der Waals surface area contributed by atoms with E-state index in [-0.39, 0.29) is 10.7 Å². The summed E-state index contributed by atoms with van der Waals surface area (Å²) in [5.41, 5.74) is 1.30. The highest BCUT2D eigenvalue weighted by atomic mass is 79.9. The minimum Gasteiger partial charge on any atom is -0.384 e. The van der Waals surface area contributed by atoms with Gasteiger partial charge in [0.05, 0.1) is 6.61 Å². The molecule has 1 N–H and O–H groups in total. The zero-order chi connectivity index (χ0) is 12.7. The summed E-state index contributed by atoms with van der Waals surface area (Å²) in [5.74, 6) is -0.134. The van der Waals surface area contributed by atoms with Crippen molar-refractivity contribution in [1.82, 2.24) is 10.3 Å². The number of carbonyl (C=O) groups excluding carboxylic acids is 1. The van der Waals surface area contributed by atoms with E-state index in [0.29, 0.717) is 18.8 Å². The highest BCUT2D eigenvalue weighted by Crippen LogP contribution is 2.04. The van der Waals surface area contributed by atoms with Gasteiger partial charge in [-0.1, -0.05) is 22.0 Å². The van der Waals surface area contributed by atoms with Crippen LogP contribution < -0.4 is 5.32 Å². The molecule has 0 saturated heterocycles. The SMILES string of the molecule is COCC(Br)CCNC(=O)c1cccc(C)n1.